The molecule has 2 aliphatic rings. The van der Waals surface area contributed by atoms with Crippen molar-refractivity contribution in [1.82, 2.24) is 15.1 Å². The molecule has 1 aliphatic carbocycles. The van der Waals surface area contributed by atoms with E-state index in [0.717, 1.165) is 18.1 Å². The van der Waals surface area contributed by atoms with Gasteiger partial charge in [-0.1, -0.05) is 18.0 Å². The van der Waals surface area contributed by atoms with Gasteiger partial charge in [0.1, 0.15) is 0 Å². The molecular formula is C12H18ClN3. The summed E-state index contributed by atoms with van der Waals surface area (Å²) in [5.41, 5.74) is 1.29. The lowest BCUT2D eigenvalue weighted by Gasteiger charge is -2.31. The van der Waals surface area contributed by atoms with E-state index >= 15 is 0 Å². The Labute approximate surface area is 101 Å². The van der Waals surface area contributed by atoms with Crippen molar-refractivity contribution in [3.63, 3.8) is 0 Å². The number of nitrogens with one attached hydrogen (secondary N) is 1. The first-order valence-electron chi connectivity index (χ1n) is 6.30. The van der Waals surface area contributed by atoms with Crippen LogP contribution < -0.4 is 5.32 Å². The quantitative estimate of drug-likeness (QED) is 0.860. The Kier molecular flexibility index (Phi) is 2.90. The van der Waals surface area contributed by atoms with Crippen molar-refractivity contribution >= 4 is 11.6 Å². The average molecular weight is 240 g/mol. The maximum atomic E-state index is 6.27. The fourth-order valence-electron chi connectivity index (χ4n) is 2.75. The molecule has 1 N–H and O–H groups in total. The minimum atomic E-state index is 0.511. The third-order valence-corrected chi connectivity index (χ3v) is 4.19. The number of hydrogen-bond donors (Lipinski definition) is 1. The highest BCUT2D eigenvalue weighted by atomic mass is 35.5. The second-order valence-electron chi connectivity index (χ2n) is 4.95. The second kappa shape index (κ2) is 4.38. The van der Waals surface area contributed by atoms with Gasteiger partial charge in [-0.3, -0.25) is 4.68 Å². The zero-order valence-corrected chi connectivity index (χ0v) is 10.2. The molecule has 4 heteroatoms. The van der Waals surface area contributed by atoms with E-state index in [0.29, 0.717) is 12.0 Å². The molecule has 1 saturated carbocycles. The lowest BCUT2D eigenvalue weighted by Crippen LogP contribution is -2.33. The minimum absolute atomic E-state index is 0.511. The molecule has 3 rings (SSSR count). The van der Waals surface area contributed by atoms with Gasteiger partial charge < -0.3 is 5.32 Å². The maximum absolute atomic E-state index is 6.27. The lowest BCUT2D eigenvalue weighted by molar-refractivity contribution is 0.312. The molecule has 1 atom stereocenters. The number of aromatic nitrogens is 2. The molecule has 1 aromatic rings. The van der Waals surface area contributed by atoms with Crippen LogP contribution in [-0.4, -0.2) is 22.9 Å². The Morgan fingerprint density at radius 1 is 1.31 bits per heavy atom. The average Bonchev–Trinajstić information content (AvgIpc) is 2.60. The van der Waals surface area contributed by atoms with Gasteiger partial charge in [-0.2, -0.15) is 5.10 Å². The van der Waals surface area contributed by atoms with Crippen molar-refractivity contribution < 1.29 is 0 Å². The van der Waals surface area contributed by atoms with E-state index in [2.05, 4.69) is 15.1 Å². The van der Waals surface area contributed by atoms with Gasteiger partial charge in [0.05, 0.1) is 23.0 Å². The summed E-state index contributed by atoms with van der Waals surface area (Å²) in [7, 11) is 0. The van der Waals surface area contributed by atoms with Crippen LogP contribution in [0.4, 0.5) is 0 Å². The fourth-order valence-corrected chi connectivity index (χ4v) is 3.03. The summed E-state index contributed by atoms with van der Waals surface area (Å²) in [6.07, 6.45) is 8.20. The lowest BCUT2D eigenvalue weighted by atomic mass is 9.82. The van der Waals surface area contributed by atoms with Gasteiger partial charge in [0, 0.05) is 12.5 Å². The number of hydrogen-bond acceptors (Lipinski definition) is 2. The summed E-state index contributed by atoms with van der Waals surface area (Å²) in [6.45, 7) is 2.18. The molecule has 1 aromatic heterocycles. The highest BCUT2D eigenvalue weighted by molar-refractivity contribution is 6.31. The van der Waals surface area contributed by atoms with E-state index in [-0.39, 0.29) is 0 Å². The molecule has 1 unspecified atom stereocenters. The highest BCUT2D eigenvalue weighted by Crippen LogP contribution is 2.40. The molecule has 0 radical (unpaired) electrons. The highest BCUT2D eigenvalue weighted by Gasteiger charge is 2.29. The largest absolute Gasteiger partial charge is 0.315 e. The Balaban J connectivity index is 1.87. The molecule has 88 valence electrons. The zero-order valence-electron chi connectivity index (χ0n) is 9.45. The summed E-state index contributed by atoms with van der Waals surface area (Å²) in [5.74, 6) is 0.664. The van der Waals surface area contributed by atoms with E-state index in [9.17, 15) is 0 Å². The molecular weight excluding hydrogens is 222 g/mol. The SMILES string of the molecule is Clc1cnn(C2CCCNC2)c1C1CCC1. The van der Waals surface area contributed by atoms with Gasteiger partial charge >= 0.3 is 0 Å². The van der Waals surface area contributed by atoms with Gasteiger partial charge in [0.25, 0.3) is 0 Å². The molecule has 0 amide bonds. The Morgan fingerprint density at radius 2 is 2.19 bits per heavy atom. The van der Waals surface area contributed by atoms with Crippen LogP contribution in [0, 0.1) is 0 Å². The van der Waals surface area contributed by atoms with Crippen LogP contribution in [0.5, 0.6) is 0 Å². The van der Waals surface area contributed by atoms with Crippen molar-refractivity contribution in [2.45, 2.75) is 44.1 Å². The first-order chi connectivity index (χ1) is 7.86. The molecule has 1 aliphatic heterocycles. The van der Waals surface area contributed by atoms with E-state index < -0.39 is 0 Å². The maximum Gasteiger partial charge on any atom is 0.0820 e. The van der Waals surface area contributed by atoms with Crippen LogP contribution in [0.3, 0.4) is 0 Å². The van der Waals surface area contributed by atoms with Crippen LogP contribution >= 0.6 is 11.6 Å². The Morgan fingerprint density at radius 3 is 2.81 bits per heavy atom. The topological polar surface area (TPSA) is 29.9 Å². The van der Waals surface area contributed by atoms with Gasteiger partial charge in [-0.15, -0.1) is 0 Å². The number of piperidine rings is 1. The standard InChI is InChI=1S/C12H18ClN3/c13-11-8-15-16(10-5-2-6-14-7-10)12(11)9-3-1-4-9/h8-10,14H,1-7H2. The van der Waals surface area contributed by atoms with Gasteiger partial charge in [-0.05, 0) is 32.2 Å². The monoisotopic (exact) mass is 239 g/mol. The van der Waals surface area contributed by atoms with Crippen molar-refractivity contribution in [2.75, 3.05) is 13.1 Å². The van der Waals surface area contributed by atoms with Gasteiger partial charge in [0.15, 0.2) is 0 Å². The summed E-state index contributed by atoms with van der Waals surface area (Å²) >= 11 is 6.27. The second-order valence-corrected chi connectivity index (χ2v) is 5.36. The number of rotatable bonds is 2. The van der Waals surface area contributed by atoms with E-state index in [1.807, 2.05) is 6.20 Å². The van der Waals surface area contributed by atoms with E-state index in [4.69, 9.17) is 11.6 Å². The number of halogens is 1. The third kappa shape index (κ3) is 1.76. The van der Waals surface area contributed by atoms with Crippen LogP contribution in [0.15, 0.2) is 6.20 Å². The van der Waals surface area contributed by atoms with Crippen LogP contribution in [0.25, 0.3) is 0 Å². The van der Waals surface area contributed by atoms with Gasteiger partial charge in [0.2, 0.25) is 0 Å². The summed E-state index contributed by atoms with van der Waals surface area (Å²) in [5, 5.41) is 8.80. The predicted molar refractivity (Wildman–Crippen MR) is 65.0 cm³/mol. The molecule has 0 aromatic carbocycles. The summed E-state index contributed by atoms with van der Waals surface area (Å²) < 4.78 is 2.19. The van der Waals surface area contributed by atoms with Crippen LogP contribution in [0.2, 0.25) is 5.02 Å². The zero-order chi connectivity index (χ0) is 11.0. The Bertz CT molecular complexity index is 364. The van der Waals surface area contributed by atoms with Gasteiger partial charge in [-0.25, -0.2) is 0 Å². The minimum Gasteiger partial charge on any atom is -0.315 e. The normalized spacial score (nSPS) is 26.7. The molecule has 2 fully saturated rings. The molecule has 2 heterocycles. The first kappa shape index (κ1) is 10.6. The van der Waals surface area contributed by atoms with Crippen molar-refractivity contribution in [3.05, 3.63) is 16.9 Å². The van der Waals surface area contributed by atoms with Crippen LogP contribution in [0.1, 0.15) is 49.8 Å². The van der Waals surface area contributed by atoms with Crippen molar-refractivity contribution in [3.8, 4) is 0 Å². The first-order valence-corrected chi connectivity index (χ1v) is 6.67. The fraction of sp³-hybridized carbons (Fsp3) is 0.750. The van der Waals surface area contributed by atoms with Crippen molar-refractivity contribution in [1.29, 1.82) is 0 Å². The van der Waals surface area contributed by atoms with Crippen LogP contribution in [-0.2, 0) is 0 Å². The predicted octanol–water partition coefficient (Wildman–Crippen LogP) is 2.73. The molecule has 16 heavy (non-hydrogen) atoms. The summed E-state index contributed by atoms with van der Waals surface area (Å²) in [6, 6.07) is 0.511. The smallest absolute Gasteiger partial charge is 0.0820 e. The Hall–Kier alpha value is -0.540. The molecule has 0 bridgehead atoms. The van der Waals surface area contributed by atoms with E-state index in [1.165, 1.54) is 37.8 Å². The molecule has 0 spiro atoms. The molecule has 3 nitrogen and oxygen atoms in total. The number of nitrogens with zero attached hydrogens (tertiary/aromatic N) is 2. The third-order valence-electron chi connectivity index (χ3n) is 3.90. The molecule has 1 saturated heterocycles. The summed E-state index contributed by atoms with van der Waals surface area (Å²) in [4.78, 5) is 0. The van der Waals surface area contributed by atoms with E-state index in [1.54, 1.807) is 0 Å². The van der Waals surface area contributed by atoms with Crippen molar-refractivity contribution in [2.24, 2.45) is 0 Å².